The molecular weight excluding hydrogens is 547 g/mol. The molecule has 1 aliphatic heterocycles. The van der Waals surface area contributed by atoms with Gasteiger partial charge in [-0.15, -0.1) is 0 Å². The van der Waals surface area contributed by atoms with Crippen LogP contribution >= 0.6 is 12.2 Å². The van der Waals surface area contributed by atoms with E-state index in [4.69, 9.17) is 12.2 Å². The van der Waals surface area contributed by atoms with Crippen LogP contribution in [0, 0.1) is 20.8 Å². The van der Waals surface area contributed by atoms with E-state index < -0.39 is 17.8 Å². The van der Waals surface area contributed by atoms with E-state index in [1.54, 1.807) is 23.8 Å². The van der Waals surface area contributed by atoms with Crippen molar-refractivity contribution >= 4 is 28.9 Å². The number of carbonyl (C=O) groups excluding carboxylic acids is 1. The first-order chi connectivity index (χ1) is 19.5. The number of pyridine rings is 1. The molecule has 6 nitrogen and oxygen atoms in total. The molecule has 1 saturated heterocycles. The molecule has 10 heteroatoms. The Morgan fingerprint density at radius 1 is 1.02 bits per heavy atom. The van der Waals surface area contributed by atoms with Crippen molar-refractivity contribution in [1.82, 2.24) is 19.8 Å². The summed E-state index contributed by atoms with van der Waals surface area (Å²) in [6.45, 7) is 5.89. The molecule has 1 amide bonds. The van der Waals surface area contributed by atoms with E-state index in [-0.39, 0.29) is 24.1 Å². The number of alkyl halides is 3. The van der Waals surface area contributed by atoms with Gasteiger partial charge in [-0.2, -0.15) is 13.2 Å². The molecule has 212 valence electrons. The van der Waals surface area contributed by atoms with E-state index in [9.17, 15) is 18.0 Å². The van der Waals surface area contributed by atoms with Crippen LogP contribution in [0.4, 0.5) is 18.9 Å². The van der Waals surface area contributed by atoms with E-state index in [0.717, 1.165) is 22.9 Å². The van der Waals surface area contributed by atoms with Crippen molar-refractivity contribution < 1.29 is 18.0 Å². The van der Waals surface area contributed by atoms with Gasteiger partial charge in [0.1, 0.15) is 0 Å². The zero-order valence-corrected chi connectivity index (χ0v) is 23.7. The second-order valence-corrected chi connectivity index (χ2v) is 10.5. The van der Waals surface area contributed by atoms with Crippen LogP contribution in [0.1, 0.15) is 52.3 Å². The molecule has 2 aromatic heterocycles. The minimum atomic E-state index is -4.51. The summed E-state index contributed by atoms with van der Waals surface area (Å²) in [7, 11) is 0. The second kappa shape index (κ2) is 11.4. The van der Waals surface area contributed by atoms with Gasteiger partial charge in [0.05, 0.1) is 29.0 Å². The Bertz CT molecular complexity index is 1570. The molecule has 2 atom stereocenters. The maximum atomic E-state index is 14.0. The van der Waals surface area contributed by atoms with Gasteiger partial charge in [-0.1, -0.05) is 35.9 Å². The number of amides is 1. The van der Waals surface area contributed by atoms with Crippen LogP contribution in [0.5, 0.6) is 0 Å². The number of hydrogen-bond donors (Lipinski definition) is 2. The van der Waals surface area contributed by atoms with Gasteiger partial charge in [0, 0.05) is 36.2 Å². The number of nitrogens with one attached hydrogen (secondary N) is 2. The third-order valence-corrected chi connectivity index (χ3v) is 7.70. The van der Waals surface area contributed by atoms with Crippen molar-refractivity contribution in [2.24, 2.45) is 0 Å². The number of rotatable bonds is 7. The molecule has 1 aliphatic rings. The topological polar surface area (TPSA) is 62.2 Å². The molecule has 0 unspecified atom stereocenters. The fourth-order valence-electron chi connectivity index (χ4n) is 5.43. The lowest BCUT2D eigenvalue weighted by Gasteiger charge is -2.28. The quantitative estimate of drug-likeness (QED) is 0.236. The number of halogens is 3. The van der Waals surface area contributed by atoms with Gasteiger partial charge < -0.3 is 20.1 Å². The first-order valence-electron chi connectivity index (χ1n) is 13.2. The summed E-state index contributed by atoms with van der Waals surface area (Å²) in [5, 5.41) is 6.73. The smallest absolute Gasteiger partial charge is 0.352 e. The van der Waals surface area contributed by atoms with Crippen molar-refractivity contribution in [2.45, 2.75) is 45.5 Å². The van der Waals surface area contributed by atoms with Gasteiger partial charge >= 0.3 is 6.18 Å². The molecule has 2 N–H and O–H groups in total. The highest BCUT2D eigenvalue weighted by molar-refractivity contribution is 7.80. The van der Waals surface area contributed by atoms with Gasteiger partial charge in [0.15, 0.2) is 5.11 Å². The number of para-hydroxylation sites is 1. The van der Waals surface area contributed by atoms with E-state index in [2.05, 4.69) is 15.6 Å². The third kappa shape index (κ3) is 5.83. The summed E-state index contributed by atoms with van der Waals surface area (Å²) in [5.41, 5.74) is 4.02. The average Bonchev–Trinajstić information content (AvgIpc) is 3.42. The first-order valence-corrected chi connectivity index (χ1v) is 13.7. The largest absolute Gasteiger partial charge is 0.418 e. The SMILES string of the molecule is Cc1ccc(NC(=O)CCN2C(=S)N[C@@H](c3ccccn3)[C@@H]2c2cc(C)n(-c3ccccc3C(F)(F)F)c2C)cc1. The minimum absolute atomic E-state index is 0.0631. The monoisotopic (exact) mass is 577 g/mol. The maximum absolute atomic E-state index is 14.0. The molecule has 0 spiro atoms. The number of carbonyl (C=O) groups is 1. The lowest BCUT2D eigenvalue weighted by Crippen LogP contribution is -2.32. The number of nitrogens with zero attached hydrogens (tertiary/aromatic N) is 3. The molecule has 2 aromatic carbocycles. The van der Waals surface area contributed by atoms with E-state index in [0.29, 0.717) is 28.7 Å². The highest BCUT2D eigenvalue weighted by Gasteiger charge is 2.42. The van der Waals surface area contributed by atoms with Gasteiger partial charge in [0.25, 0.3) is 0 Å². The van der Waals surface area contributed by atoms with Crippen molar-refractivity contribution in [2.75, 3.05) is 11.9 Å². The summed E-state index contributed by atoms with van der Waals surface area (Å²) in [6, 6.07) is 19.8. The summed E-state index contributed by atoms with van der Waals surface area (Å²) >= 11 is 5.74. The minimum Gasteiger partial charge on any atom is -0.352 e. The molecule has 0 aliphatic carbocycles. The zero-order chi connectivity index (χ0) is 29.3. The van der Waals surface area contributed by atoms with Crippen molar-refractivity contribution in [3.63, 3.8) is 0 Å². The van der Waals surface area contributed by atoms with Crippen LogP contribution < -0.4 is 10.6 Å². The average molecular weight is 578 g/mol. The summed E-state index contributed by atoms with van der Waals surface area (Å²) < 4.78 is 43.5. The van der Waals surface area contributed by atoms with Gasteiger partial charge in [-0.05, 0) is 81.0 Å². The van der Waals surface area contributed by atoms with E-state index >= 15 is 0 Å². The Labute approximate surface area is 242 Å². The fourth-order valence-corrected chi connectivity index (χ4v) is 5.77. The van der Waals surface area contributed by atoms with Crippen LogP contribution in [0.25, 0.3) is 5.69 Å². The van der Waals surface area contributed by atoms with Crippen LogP contribution in [-0.2, 0) is 11.0 Å². The van der Waals surface area contributed by atoms with Crippen LogP contribution in [0.15, 0.2) is 79.0 Å². The third-order valence-electron chi connectivity index (χ3n) is 7.35. The number of hydrogen-bond acceptors (Lipinski definition) is 3. The molecule has 0 bridgehead atoms. The molecule has 41 heavy (non-hydrogen) atoms. The first kappa shape index (κ1) is 28.4. The molecule has 3 heterocycles. The van der Waals surface area contributed by atoms with Gasteiger partial charge in [-0.25, -0.2) is 0 Å². The number of benzene rings is 2. The second-order valence-electron chi connectivity index (χ2n) is 10.2. The summed E-state index contributed by atoms with van der Waals surface area (Å²) in [6.07, 6.45) is -2.65. The lowest BCUT2D eigenvalue weighted by molar-refractivity contribution is -0.137. The van der Waals surface area contributed by atoms with Crippen LogP contribution in [-0.4, -0.2) is 32.0 Å². The molecule has 1 fully saturated rings. The summed E-state index contributed by atoms with van der Waals surface area (Å²) in [5.74, 6) is -0.165. The van der Waals surface area contributed by atoms with Crippen molar-refractivity contribution in [3.8, 4) is 5.69 Å². The number of thiocarbonyl (C=S) groups is 1. The van der Waals surface area contributed by atoms with Crippen LogP contribution in [0.3, 0.4) is 0 Å². The zero-order valence-electron chi connectivity index (χ0n) is 22.9. The van der Waals surface area contributed by atoms with Gasteiger partial charge in [-0.3, -0.25) is 9.78 Å². The fraction of sp³-hybridized carbons (Fsp3) is 0.258. The Balaban J connectivity index is 1.51. The number of anilines is 1. The van der Waals surface area contributed by atoms with Crippen LogP contribution in [0.2, 0.25) is 0 Å². The van der Waals surface area contributed by atoms with Crippen molar-refractivity contribution in [1.29, 1.82) is 0 Å². The Morgan fingerprint density at radius 3 is 2.41 bits per heavy atom. The van der Waals surface area contributed by atoms with Gasteiger partial charge in [0.2, 0.25) is 5.91 Å². The highest BCUT2D eigenvalue weighted by atomic mass is 32.1. The highest BCUT2D eigenvalue weighted by Crippen LogP contribution is 2.42. The lowest BCUT2D eigenvalue weighted by atomic mass is 9.96. The number of aromatic nitrogens is 2. The predicted octanol–water partition coefficient (Wildman–Crippen LogP) is 6.82. The molecule has 4 aromatic rings. The van der Waals surface area contributed by atoms with Crippen molar-refractivity contribution in [3.05, 3.63) is 113 Å². The summed E-state index contributed by atoms with van der Waals surface area (Å²) in [4.78, 5) is 19.4. The van der Waals surface area contributed by atoms with E-state index in [1.165, 1.54) is 12.1 Å². The normalized spacial score (nSPS) is 17.0. The molecule has 0 saturated carbocycles. The van der Waals surface area contributed by atoms with E-state index in [1.807, 2.05) is 67.3 Å². The standard InChI is InChI=1S/C31H30F3N5OS/c1-19-11-13-22(14-12-19)36-27(40)15-17-38-29(28(37-30(38)41)25-9-6-7-16-35-25)23-18-20(2)39(21(23)3)26-10-5-4-8-24(26)31(32,33)34/h4-14,16,18,28-29H,15,17H2,1-3H3,(H,36,40)(H,37,41)/t28-,29-/m0/s1. The molecule has 5 rings (SSSR count). The predicted molar refractivity (Wildman–Crippen MR) is 157 cm³/mol. The molecule has 0 radical (unpaired) electrons. The Kier molecular flexibility index (Phi) is 7.86. The molecular formula is C31H30F3N5OS. The maximum Gasteiger partial charge on any atom is 0.418 e. The Morgan fingerprint density at radius 2 is 1.73 bits per heavy atom. The number of aryl methyl sites for hydroxylation is 2. The Hall–Kier alpha value is -4.18.